The van der Waals surface area contributed by atoms with Crippen LogP contribution in [0.5, 0.6) is 11.5 Å². The Labute approximate surface area is 211 Å². The predicted octanol–water partition coefficient (Wildman–Crippen LogP) is 10.4. The summed E-state index contributed by atoms with van der Waals surface area (Å²) in [4.78, 5) is 0. The van der Waals surface area contributed by atoms with E-state index in [4.69, 9.17) is 4.74 Å². The quantitative estimate of drug-likeness (QED) is 0.243. The number of fused-ring (bicyclic) bond motifs is 1. The molecule has 0 aliphatic carbocycles. The fraction of sp³-hybridized carbons (Fsp3) is 0.750. The molecule has 0 saturated heterocycles. The van der Waals surface area contributed by atoms with Gasteiger partial charge in [-0.3, -0.25) is 0 Å². The highest BCUT2D eigenvalue weighted by molar-refractivity contribution is 5.70. The molecule has 1 aliphatic rings. The van der Waals surface area contributed by atoms with Gasteiger partial charge < -0.3 is 9.84 Å². The summed E-state index contributed by atoms with van der Waals surface area (Å²) >= 11 is 0. The van der Waals surface area contributed by atoms with Crippen molar-refractivity contribution in [3.8, 4) is 11.5 Å². The van der Waals surface area contributed by atoms with Crippen LogP contribution in [-0.4, -0.2) is 10.7 Å². The molecule has 0 aromatic heterocycles. The average Bonchev–Trinajstić information content (AvgIpc) is 2.80. The smallest absolute Gasteiger partial charge is 0.127 e. The first kappa shape index (κ1) is 28.8. The third kappa shape index (κ3) is 8.97. The van der Waals surface area contributed by atoms with E-state index >= 15 is 0 Å². The van der Waals surface area contributed by atoms with Crippen molar-refractivity contribution in [3.05, 3.63) is 27.8 Å². The number of phenols is 1. The lowest BCUT2D eigenvalue weighted by molar-refractivity contribution is 0.0523. The minimum absolute atomic E-state index is 0.0828. The monoisotopic (exact) mass is 470 g/mol. The third-order valence-electron chi connectivity index (χ3n) is 7.86. The van der Waals surface area contributed by atoms with Crippen molar-refractivity contribution >= 4 is 6.08 Å². The molecular weight excluding hydrogens is 416 g/mol. The van der Waals surface area contributed by atoms with Crippen molar-refractivity contribution in [1.82, 2.24) is 0 Å². The number of hydrogen-bond donors (Lipinski definition) is 1. The van der Waals surface area contributed by atoms with Crippen LogP contribution in [-0.2, 0) is 6.42 Å². The first-order valence-corrected chi connectivity index (χ1v) is 14.5. The number of rotatable bonds is 16. The van der Waals surface area contributed by atoms with Crippen LogP contribution in [0.15, 0.2) is 5.57 Å². The average molecular weight is 471 g/mol. The van der Waals surface area contributed by atoms with Gasteiger partial charge in [-0.1, -0.05) is 102 Å². The molecule has 1 aromatic rings. The second-order valence-corrected chi connectivity index (χ2v) is 11.4. The van der Waals surface area contributed by atoms with E-state index in [0.29, 0.717) is 5.75 Å². The summed E-state index contributed by atoms with van der Waals surface area (Å²) in [5.41, 5.74) is 5.34. The molecule has 1 atom stereocenters. The summed E-state index contributed by atoms with van der Waals surface area (Å²) in [7, 11) is 0. The van der Waals surface area contributed by atoms with Gasteiger partial charge >= 0.3 is 0 Å². The summed E-state index contributed by atoms with van der Waals surface area (Å²) < 4.78 is 6.68. The number of allylic oxidation sites excluding steroid dienone is 1. The standard InChI is InChI=1S/C32H54O2/c1-7-8-9-10-11-12-13-14-15-16-17-18-19-20-22-32(6)23-21-28-29(24-25(2)3)30(33)26(4)27(5)31(28)34-32/h24,33H,7-23H2,1-6H3. The van der Waals surface area contributed by atoms with Gasteiger partial charge in [0.2, 0.25) is 0 Å². The lowest BCUT2D eigenvalue weighted by atomic mass is 9.84. The van der Waals surface area contributed by atoms with Gasteiger partial charge in [-0.2, -0.15) is 0 Å². The largest absolute Gasteiger partial charge is 0.507 e. The van der Waals surface area contributed by atoms with Crippen molar-refractivity contribution in [2.75, 3.05) is 0 Å². The Morgan fingerprint density at radius 2 is 1.32 bits per heavy atom. The zero-order valence-corrected chi connectivity index (χ0v) is 23.5. The Morgan fingerprint density at radius 3 is 1.82 bits per heavy atom. The molecule has 2 nitrogen and oxygen atoms in total. The highest BCUT2D eigenvalue weighted by Gasteiger charge is 2.34. The van der Waals surface area contributed by atoms with Crippen LogP contribution < -0.4 is 4.74 Å². The second kappa shape index (κ2) is 14.8. The SMILES string of the molecule is CCCCCCCCCCCCCCCCC1(C)CCc2c(C=C(C)C)c(O)c(C)c(C)c2O1. The molecule has 1 unspecified atom stereocenters. The van der Waals surface area contributed by atoms with Crippen molar-refractivity contribution in [3.63, 3.8) is 0 Å². The maximum Gasteiger partial charge on any atom is 0.127 e. The molecule has 34 heavy (non-hydrogen) atoms. The van der Waals surface area contributed by atoms with Crippen LogP contribution in [0.1, 0.15) is 153 Å². The summed E-state index contributed by atoms with van der Waals surface area (Å²) in [6, 6.07) is 0. The molecule has 1 aromatic carbocycles. The molecule has 2 rings (SSSR count). The van der Waals surface area contributed by atoms with E-state index in [0.717, 1.165) is 41.7 Å². The van der Waals surface area contributed by atoms with Gasteiger partial charge in [0.05, 0.1) is 0 Å². The molecule has 194 valence electrons. The van der Waals surface area contributed by atoms with Crippen LogP contribution >= 0.6 is 0 Å². The molecule has 0 spiro atoms. The maximum absolute atomic E-state index is 10.8. The van der Waals surface area contributed by atoms with E-state index in [1.165, 1.54) is 101 Å². The molecule has 1 aliphatic heterocycles. The van der Waals surface area contributed by atoms with Gasteiger partial charge in [-0.05, 0) is 71.4 Å². The number of phenolic OH excluding ortho intramolecular Hbond substituents is 1. The Morgan fingerprint density at radius 1 is 0.824 bits per heavy atom. The summed E-state index contributed by atoms with van der Waals surface area (Å²) in [6.07, 6.45) is 24.8. The lowest BCUT2D eigenvalue weighted by Crippen LogP contribution is -2.37. The maximum atomic E-state index is 10.8. The highest BCUT2D eigenvalue weighted by atomic mass is 16.5. The molecule has 0 amide bonds. The van der Waals surface area contributed by atoms with Crippen LogP contribution in [0.3, 0.4) is 0 Å². The molecule has 0 bridgehead atoms. The van der Waals surface area contributed by atoms with Gasteiger partial charge in [0, 0.05) is 11.1 Å². The van der Waals surface area contributed by atoms with E-state index in [9.17, 15) is 5.11 Å². The number of hydrogen-bond acceptors (Lipinski definition) is 2. The fourth-order valence-corrected chi connectivity index (χ4v) is 5.43. The first-order valence-electron chi connectivity index (χ1n) is 14.5. The van der Waals surface area contributed by atoms with Gasteiger partial charge in [0.1, 0.15) is 17.1 Å². The lowest BCUT2D eigenvalue weighted by Gasteiger charge is -2.38. The zero-order chi connectivity index (χ0) is 25.0. The summed E-state index contributed by atoms with van der Waals surface area (Å²) in [5, 5.41) is 10.8. The predicted molar refractivity (Wildman–Crippen MR) is 149 cm³/mol. The van der Waals surface area contributed by atoms with E-state index < -0.39 is 0 Å². The molecule has 2 heteroatoms. The molecule has 1 heterocycles. The number of unbranched alkanes of at least 4 members (excludes halogenated alkanes) is 13. The fourth-order valence-electron chi connectivity index (χ4n) is 5.43. The van der Waals surface area contributed by atoms with Crippen molar-refractivity contribution in [2.24, 2.45) is 0 Å². The Kier molecular flexibility index (Phi) is 12.6. The van der Waals surface area contributed by atoms with Gasteiger partial charge in [-0.25, -0.2) is 0 Å². The van der Waals surface area contributed by atoms with Crippen LogP contribution in [0.2, 0.25) is 0 Å². The topological polar surface area (TPSA) is 29.5 Å². The van der Waals surface area contributed by atoms with Crippen molar-refractivity contribution in [2.45, 2.75) is 156 Å². The van der Waals surface area contributed by atoms with Gasteiger partial charge in [0.15, 0.2) is 0 Å². The number of aromatic hydroxyl groups is 1. The third-order valence-corrected chi connectivity index (χ3v) is 7.86. The van der Waals surface area contributed by atoms with E-state index in [1.54, 1.807) is 0 Å². The van der Waals surface area contributed by atoms with E-state index in [-0.39, 0.29) is 5.60 Å². The van der Waals surface area contributed by atoms with Crippen LogP contribution in [0.4, 0.5) is 0 Å². The molecule has 1 N–H and O–H groups in total. The summed E-state index contributed by atoms with van der Waals surface area (Å²) in [5.74, 6) is 1.46. The highest BCUT2D eigenvalue weighted by Crippen LogP contribution is 2.45. The molecule has 0 saturated carbocycles. The van der Waals surface area contributed by atoms with Crippen LogP contribution in [0, 0.1) is 13.8 Å². The molecular formula is C32H54O2. The molecule has 0 fully saturated rings. The van der Waals surface area contributed by atoms with Crippen LogP contribution in [0.25, 0.3) is 6.08 Å². The Balaban J connectivity index is 1.68. The molecule has 0 radical (unpaired) electrons. The summed E-state index contributed by atoms with van der Waals surface area (Å²) in [6.45, 7) is 12.9. The number of benzene rings is 1. The Hall–Kier alpha value is -1.44. The van der Waals surface area contributed by atoms with Gasteiger partial charge in [-0.15, -0.1) is 0 Å². The Bertz CT molecular complexity index is 772. The van der Waals surface area contributed by atoms with Crippen molar-refractivity contribution < 1.29 is 9.84 Å². The van der Waals surface area contributed by atoms with Gasteiger partial charge in [0.25, 0.3) is 0 Å². The van der Waals surface area contributed by atoms with E-state index in [2.05, 4.69) is 40.7 Å². The first-order chi connectivity index (χ1) is 16.3. The van der Waals surface area contributed by atoms with Crippen molar-refractivity contribution in [1.29, 1.82) is 0 Å². The normalized spacial score (nSPS) is 17.4. The zero-order valence-electron chi connectivity index (χ0n) is 23.5. The number of ether oxygens (including phenoxy) is 1. The minimum atomic E-state index is -0.0828. The second-order valence-electron chi connectivity index (χ2n) is 11.4. The minimum Gasteiger partial charge on any atom is -0.507 e. The van der Waals surface area contributed by atoms with E-state index in [1.807, 2.05) is 6.92 Å².